The first-order valence-corrected chi connectivity index (χ1v) is 12.7. The Morgan fingerprint density at radius 2 is 1.87 bits per heavy atom. The monoisotopic (exact) mass is 529 g/mol. The Hall–Kier alpha value is -4.68. The van der Waals surface area contributed by atoms with Gasteiger partial charge >= 0.3 is 5.69 Å². The van der Waals surface area contributed by atoms with E-state index in [4.69, 9.17) is 0 Å². The first-order chi connectivity index (χ1) is 18.7. The van der Waals surface area contributed by atoms with Crippen LogP contribution in [0.4, 0.5) is 11.6 Å². The van der Waals surface area contributed by atoms with Gasteiger partial charge in [0, 0.05) is 31.9 Å². The number of imidazole rings is 1. The number of aromatic nitrogens is 7. The minimum absolute atomic E-state index is 0.0438. The van der Waals surface area contributed by atoms with Crippen LogP contribution in [-0.4, -0.2) is 58.4 Å². The molecule has 200 valence electrons. The van der Waals surface area contributed by atoms with Gasteiger partial charge in [0.25, 0.3) is 5.56 Å². The Balaban J connectivity index is 1.23. The molecule has 1 N–H and O–H groups in total. The molecule has 1 amide bonds. The van der Waals surface area contributed by atoms with Crippen LogP contribution in [0.3, 0.4) is 0 Å². The molecule has 4 aromatic heterocycles. The Labute approximate surface area is 222 Å². The summed E-state index contributed by atoms with van der Waals surface area (Å²) in [6.45, 7) is 4.63. The molecule has 3 atom stereocenters. The molecule has 0 bridgehead atoms. The molecule has 1 saturated carbocycles. The largest absolute Gasteiger partial charge is 0.356 e. The molecular formula is C26H27N9O4. The van der Waals surface area contributed by atoms with Crippen LogP contribution in [0.5, 0.6) is 0 Å². The maximum atomic E-state index is 13.2. The Kier molecular flexibility index (Phi) is 5.85. The predicted molar refractivity (Wildman–Crippen MR) is 142 cm³/mol. The number of amides is 1. The third-order valence-electron chi connectivity index (χ3n) is 7.47. The van der Waals surface area contributed by atoms with E-state index in [1.54, 1.807) is 19.3 Å². The van der Waals surface area contributed by atoms with Gasteiger partial charge in [-0.25, -0.2) is 19.7 Å². The van der Waals surface area contributed by atoms with Crippen molar-refractivity contribution in [1.29, 1.82) is 0 Å². The minimum atomic E-state index is -0.885. The van der Waals surface area contributed by atoms with Crippen LogP contribution < -0.4 is 21.5 Å². The second-order valence-corrected chi connectivity index (χ2v) is 10.3. The van der Waals surface area contributed by atoms with Crippen molar-refractivity contribution >= 4 is 34.5 Å². The SMILES string of the molecule is CC(=O)Cn1c(=O)c2c(ncn2C(C)C(=O)Nc2cncc(-c3ccc(N4CC5CC5C4)nc3)n2)n(C)c1=O. The van der Waals surface area contributed by atoms with Gasteiger partial charge in [0.1, 0.15) is 17.6 Å². The standard InChI is InChI=1S/C26H27N9O4/c1-14(36)10-34-25(38)22-23(32(3)26(34)39)29-13-35(22)15(2)24(37)31-20-9-27-8-19(30-20)16-4-5-21(28-7-16)33-11-17-6-18(17)12-33/h4-5,7-9,13,15,17-18H,6,10-12H2,1-3H3,(H,30,31,37). The maximum absolute atomic E-state index is 13.2. The van der Waals surface area contributed by atoms with E-state index in [1.165, 1.54) is 42.1 Å². The van der Waals surface area contributed by atoms with Gasteiger partial charge in [-0.1, -0.05) is 0 Å². The number of ketones is 1. The van der Waals surface area contributed by atoms with Crippen LogP contribution in [0.15, 0.2) is 46.6 Å². The van der Waals surface area contributed by atoms with Gasteiger partial charge in [-0.15, -0.1) is 0 Å². The van der Waals surface area contributed by atoms with E-state index in [-0.39, 0.29) is 29.3 Å². The summed E-state index contributed by atoms with van der Waals surface area (Å²) in [5.41, 5.74) is 0.141. The number of Topliss-reactive ketones (excluding diaryl/α,β-unsaturated/α-hetero) is 1. The Morgan fingerprint density at radius 1 is 1.10 bits per heavy atom. The third kappa shape index (κ3) is 4.39. The van der Waals surface area contributed by atoms with Gasteiger partial charge in [0.15, 0.2) is 17.0 Å². The highest BCUT2D eigenvalue weighted by molar-refractivity contribution is 5.93. The number of anilines is 2. The van der Waals surface area contributed by atoms with Crippen molar-refractivity contribution in [2.45, 2.75) is 32.9 Å². The molecule has 39 heavy (non-hydrogen) atoms. The lowest BCUT2D eigenvalue weighted by molar-refractivity contribution is -0.119. The van der Waals surface area contributed by atoms with Crippen molar-refractivity contribution in [1.82, 2.24) is 33.6 Å². The first-order valence-electron chi connectivity index (χ1n) is 12.7. The molecule has 2 fully saturated rings. The second kappa shape index (κ2) is 9.26. The van der Waals surface area contributed by atoms with Crippen molar-refractivity contribution in [2.24, 2.45) is 18.9 Å². The molecule has 1 aliphatic carbocycles. The van der Waals surface area contributed by atoms with E-state index in [0.29, 0.717) is 5.69 Å². The molecule has 1 aliphatic heterocycles. The number of nitrogens with one attached hydrogen (secondary N) is 1. The normalized spacial score (nSPS) is 18.7. The number of pyridine rings is 1. The molecule has 4 aromatic rings. The van der Waals surface area contributed by atoms with E-state index in [9.17, 15) is 19.2 Å². The molecule has 0 spiro atoms. The topological polar surface area (TPSA) is 150 Å². The average molecular weight is 530 g/mol. The van der Waals surface area contributed by atoms with Crippen molar-refractivity contribution < 1.29 is 9.59 Å². The minimum Gasteiger partial charge on any atom is -0.356 e. The van der Waals surface area contributed by atoms with E-state index in [2.05, 4.69) is 30.2 Å². The van der Waals surface area contributed by atoms with Crippen LogP contribution in [0, 0.1) is 11.8 Å². The molecule has 13 heteroatoms. The van der Waals surface area contributed by atoms with E-state index < -0.39 is 23.2 Å². The van der Waals surface area contributed by atoms with Crippen LogP contribution in [0.25, 0.3) is 22.4 Å². The van der Waals surface area contributed by atoms with Crippen LogP contribution in [0.1, 0.15) is 26.3 Å². The smallest absolute Gasteiger partial charge is 0.332 e. The number of hydrogen-bond acceptors (Lipinski definition) is 9. The third-order valence-corrected chi connectivity index (χ3v) is 7.47. The number of aryl methyl sites for hydroxylation is 1. The highest BCUT2D eigenvalue weighted by Crippen LogP contribution is 2.45. The number of piperidine rings is 1. The Morgan fingerprint density at radius 3 is 2.56 bits per heavy atom. The van der Waals surface area contributed by atoms with Crippen molar-refractivity contribution in [3.8, 4) is 11.3 Å². The zero-order chi connectivity index (χ0) is 27.4. The molecule has 2 aliphatic rings. The van der Waals surface area contributed by atoms with Gasteiger partial charge in [-0.05, 0) is 44.2 Å². The highest BCUT2D eigenvalue weighted by Gasteiger charge is 2.45. The summed E-state index contributed by atoms with van der Waals surface area (Å²) in [6.07, 6.45) is 7.44. The lowest BCUT2D eigenvalue weighted by Crippen LogP contribution is -2.41. The summed E-state index contributed by atoms with van der Waals surface area (Å²) in [4.78, 5) is 70.3. The lowest BCUT2D eigenvalue weighted by Gasteiger charge is -2.19. The molecule has 3 unspecified atom stereocenters. The maximum Gasteiger partial charge on any atom is 0.332 e. The predicted octanol–water partition coefficient (Wildman–Crippen LogP) is 0.993. The summed E-state index contributed by atoms with van der Waals surface area (Å²) in [6, 6.07) is 3.04. The Bertz CT molecular complexity index is 1730. The fourth-order valence-corrected chi connectivity index (χ4v) is 5.18. The van der Waals surface area contributed by atoms with Crippen molar-refractivity contribution in [3.05, 3.63) is 57.9 Å². The molecule has 1 saturated heterocycles. The number of nitrogens with zero attached hydrogens (tertiary/aromatic N) is 8. The van der Waals surface area contributed by atoms with Gasteiger partial charge in [0.05, 0.1) is 31.0 Å². The number of carbonyl (C=O) groups excluding carboxylic acids is 2. The molecule has 5 heterocycles. The highest BCUT2D eigenvalue weighted by atomic mass is 16.2. The fourth-order valence-electron chi connectivity index (χ4n) is 5.18. The molecular weight excluding hydrogens is 502 g/mol. The number of carbonyl (C=O) groups is 2. The average Bonchev–Trinajstić information content (AvgIpc) is 3.31. The van der Waals surface area contributed by atoms with Crippen molar-refractivity contribution in [3.63, 3.8) is 0 Å². The van der Waals surface area contributed by atoms with E-state index in [1.807, 2.05) is 12.1 Å². The van der Waals surface area contributed by atoms with Crippen LogP contribution >= 0.6 is 0 Å². The van der Waals surface area contributed by atoms with E-state index in [0.717, 1.165) is 40.9 Å². The summed E-state index contributed by atoms with van der Waals surface area (Å²) in [5, 5.41) is 2.74. The molecule has 13 nitrogen and oxygen atoms in total. The zero-order valence-corrected chi connectivity index (χ0v) is 21.7. The summed E-state index contributed by atoms with van der Waals surface area (Å²) < 4.78 is 3.40. The number of rotatable bonds is 7. The molecule has 0 aromatic carbocycles. The fraction of sp³-hybridized carbons (Fsp3) is 0.385. The first kappa shape index (κ1) is 24.6. The molecule has 6 rings (SSSR count). The van der Waals surface area contributed by atoms with Gasteiger partial charge in [-0.2, -0.15) is 0 Å². The van der Waals surface area contributed by atoms with Gasteiger partial charge in [0.2, 0.25) is 5.91 Å². The van der Waals surface area contributed by atoms with Gasteiger partial charge in [-0.3, -0.25) is 28.5 Å². The van der Waals surface area contributed by atoms with Gasteiger partial charge < -0.3 is 14.8 Å². The number of hydrogen-bond donors (Lipinski definition) is 1. The number of fused-ring (bicyclic) bond motifs is 2. The second-order valence-electron chi connectivity index (χ2n) is 10.3. The summed E-state index contributed by atoms with van der Waals surface area (Å²) in [5.74, 6) is 2.00. The quantitative estimate of drug-likeness (QED) is 0.370. The lowest BCUT2D eigenvalue weighted by atomic mass is 10.2. The van der Waals surface area contributed by atoms with E-state index >= 15 is 0 Å². The van der Waals surface area contributed by atoms with Crippen molar-refractivity contribution in [2.75, 3.05) is 23.3 Å². The van der Waals surface area contributed by atoms with Crippen LogP contribution in [-0.2, 0) is 23.2 Å². The zero-order valence-electron chi connectivity index (χ0n) is 21.7. The molecule has 0 radical (unpaired) electrons. The summed E-state index contributed by atoms with van der Waals surface area (Å²) in [7, 11) is 1.46. The summed E-state index contributed by atoms with van der Waals surface area (Å²) >= 11 is 0. The van der Waals surface area contributed by atoms with Crippen LogP contribution in [0.2, 0.25) is 0 Å².